The van der Waals surface area contributed by atoms with Crippen molar-refractivity contribution < 1.29 is 4.74 Å². The summed E-state index contributed by atoms with van der Waals surface area (Å²) < 4.78 is 7.50. The van der Waals surface area contributed by atoms with E-state index in [4.69, 9.17) is 20.1 Å². The molecular formula is C27H32N6O. The molecule has 0 atom stereocenters. The summed E-state index contributed by atoms with van der Waals surface area (Å²) in [6.45, 7) is 9.51. The zero-order valence-electron chi connectivity index (χ0n) is 20.0. The first-order valence-corrected chi connectivity index (χ1v) is 12.3. The van der Waals surface area contributed by atoms with Crippen molar-refractivity contribution in [1.82, 2.24) is 14.8 Å². The van der Waals surface area contributed by atoms with Crippen molar-refractivity contribution in [2.75, 3.05) is 49.2 Å². The van der Waals surface area contributed by atoms with Crippen molar-refractivity contribution in [3.8, 4) is 22.9 Å². The molecule has 0 aliphatic carbocycles. The molecule has 0 bridgehead atoms. The third-order valence-electron chi connectivity index (χ3n) is 6.82. The number of ether oxygens (including phenoxy) is 1. The first kappa shape index (κ1) is 22.4. The van der Waals surface area contributed by atoms with Crippen molar-refractivity contribution >= 4 is 11.5 Å². The Hall–Kier alpha value is -3.37. The first-order chi connectivity index (χ1) is 16.6. The summed E-state index contributed by atoms with van der Waals surface area (Å²) in [5.74, 6) is 1.46. The topological polar surface area (TPSA) is 70.2 Å². The molecule has 1 aromatic carbocycles. The van der Waals surface area contributed by atoms with Gasteiger partial charge in [-0.3, -0.25) is 0 Å². The highest BCUT2D eigenvalue weighted by atomic mass is 16.5. The van der Waals surface area contributed by atoms with Crippen LogP contribution in [0.1, 0.15) is 38.3 Å². The second-order valence-electron chi connectivity index (χ2n) is 9.44. The molecule has 5 rings (SSSR count). The van der Waals surface area contributed by atoms with Gasteiger partial charge in [0.1, 0.15) is 5.82 Å². The fraction of sp³-hybridized carbons (Fsp3) is 0.444. The third-order valence-corrected chi connectivity index (χ3v) is 6.82. The molecule has 2 aliphatic heterocycles. The van der Waals surface area contributed by atoms with Gasteiger partial charge in [0, 0.05) is 61.3 Å². The van der Waals surface area contributed by atoms with Gasteiger partial charge in [0.05, 0.1) is 30.7 Å². The smallest absolute Gasteiger partial charge is 0.128 e. The highest BCUT2D eigenvalue weighted by Gasteiger charge is 2.21. The highest BCUT2D eigenvalue weighted by molar-refractivity contribution is 5.67. The van der Waals surface area contributed by atoms with Gasteiger partial charge in [0.2, 0.25) is 0 Å². The predicted octanol–water partition coefficient (Wildman–Crippen LogP) is 4.63. The molecule has 2 aromatic heterocycles. The quantitative estimate of drug-likeness (QED) is 0.557. The minimum absolute atomic E-state index is 0.178. The third kappa shape index (κ3) is 4.64. The second kappa shape index (κ2) is 9.86. The zero-order valence-corrected chi connectivity index (χ0v) is 20.0. The lowest BCUT2D eigenvalue weighted by atomic mass is 9.98. The molecule has 7 heteroatoms. The Kier molecular flexibility index (Phi) is 6.50. The van der Waals surface area contributed by atoms with Crippen LogP contribution in [0.2, 0.25) is 0 Å². The van der Waals surface area contributed by atoms with E-state index in [0.29, 0.717) is 5.92 Å². The molecule has 34 heavy (non-hydrogen) atoms. The van der Waals surface area contributed by atoms with Crippen LogP contribution in [0, 0.1) is 17.2 Å². The fourth-order valence-corrected chi connectivity index (χ4v) is 4.79. The summed E-state index contributed by atoms with van der Waals surface area (Å²) in [5, 5.41) is 14.1. The van der Waals surface area contributed by atoms with E-state index in [1.807, 2.05) is 10.9 Å². The molecule has 0 spiro atoms. The molecular weight excluding hydrogens is 424 g/mol. The van der Waals surface area contributed by atoms with Crippen LogP contribution in [0.3, 0.4) is 0 Å². The average molecular weight is 457 g/mol. The van der Waals surface area contributed by atoms with Gasteiger partial charge in [-0.1, -0.05) is 19.9 Å². The van der Waals surface area contributed by atoms with Gasteiger partial charge < -0.3 is 14.5 Å². The van der Waals surface area contributed by atoms with Crippen LogP contribution < -0.4 is 9.80 Å². The number of morpholine rings is 1. The number of pyridine rings is 1. The standard InChI is InChI=1S/C27H32N6O/c1-20(2)27-25(22-6-7-26(29-18-22)32-10-8-21(17-28)9-11-32)19-33(30-27)24-5-3-4-23(16-24)31-12-14-34-15-13-31/h3-7,16,18-21H,8-15H2,1-2H3. The minimum Gasteiger partial charge on any atom is -0.378 e. The Morgan fingerprint density at radius 3 is 2.44 bits per heavy atom. The number of rotatable bonds is 5. The minimum atomic E-state index is 0.178. The monoisotopic (exact) mass is 456 g/mol. The molecule has 3 aromatic rings. The number of nitriles is 1. The van der Waals surface area contributed by atoms with Crippen LogP contribution in [-0.4, -0.2) is 54.2 Å². The highest BCUT2D eigenvalue weighted by Crippen LogP contribution is 2.31. The van der Waals surface area contributed by atoms with E-state index in [2.05, 4.69) is 72.3 Å². The van der Waals surface area contributed by atoms with Crippen LogP contribution >= 0.6 is 0 Å². The van der Waals surface area contributed by atoms with Gasteiger partial charge in [0.15, 0.2) is 0 Å². The maximum absolute atomic E-state index is 9.15. The van der Waals surface area contributed by atoms with Gasteiger partial charge >= 0.3 is 0 Å². The SMILES string of the molecule is CC(C)c1nn(-c2cccc(N3CCOCC3)c2)cc1-c1ccc(N2CCC(C#N)CC2)nc1. The van der Waals surface area contributed by atoms with Gasteiger partial charge in [0.25, 0.3) is 0 Å². The van der Waals surface area contributed by atoms with Gasteiger partial charge in [-0.2, -0.15) is 10.4 Å². The number of benzene rings is 1. The van der Waals surface area contributed by atoms with Gasteiger partial charge in [-0.25, -0.2) is 9.67 Å². The van der Waals surface area contributed by atoms with E-state index in [1.54, 1.807) is 0 Å². The molecule has 0 saturated carbocycles. The summed E-state index contributed by atoms with van der Waals surface area (Å²) in [6, 6.07) is 15.2. The van der Waals surface area contributed by atoms with Crippen molar-refractivity contribution in [3.63, 3.8) is 0 Å². The van der Waals surface area contributed by atoms with Crippen LogP contribution in [0.15, 0.2) is 48.8 Å². The van der Waals surface area contributed by atoms with E-state index in [0.717, 1.165) is 80.6 Å². The zero-order chi connectivity index (χ0) is 23.5. The van der Waals surface area contributed by atoms with Gasteiger partial charge in [-0.15, -0.1) is 0 Å². The second-order valence-corrected chi connectivity index (χ2v) is 9.44. The van der Waals surface area contributed by atoms with E-state index >= 15 is 0 Å². The Morgan fingerprint density at radius 2 is 1.76 bits per heavy atom. The molecule has 2 fully saturated rings. The lowest BCUT2D eigenvalue weighted by molar-refractivity contribution is 0.122. The first-order valence-electron chi connectivity index (χ1n) is 12.3. The average Bonchev–Trinajstić information content (AvgIpc) is 3.36. The van der Waals surface area contributed by atoms with Crippen LogP contribution in [0.5, 0.6) is 0 Å². The Bertz CT molecular complexity index is 1150. The summed E-state index contributed by atoms with van der Waals surface area (Å²) >= 11 is 0. The largest absolute Gasteiger partial charge is 0.378 e. The molecule has 7 nitrogen and oxygen atoms in total. The molecule has 0 N–H and O–H groups in total. The molecule has 0 radical (unpaired) electrons. The lowest BCUT2D eigenvalue weighted by Crippen LogP contribution is -2.36. The number of aromatic nitrogens is 3. The summed E-state index contributed by atoms with van der Waals surface area (Å²) in [5.41, 5.74) is 5.53. The maximum atomic E-state index is 9.15. The number of anilines is 2. The van der Waals surface area contributed by atoms with E-state index in [9.17, 15) is 0 Å². The lowest BCUT2D eigenvalue weighted by Gasteiger charge is -2.30. The summed E-state index contributed by atoms with van der Waals surface area (Å²) in [6.07, 6.45) is 5.91. The predicted molar refractivity (Wildman–Crippen MR) is 134 cm³/mol. The molecule has 2 aliphatic rings. The Balaban J connectivity index is 1.40. The van der Waals surface area contributed by atoms with Crippen molar-refractivity contribution in [2.24, 2.45) is 5.92 Å². The maximum Gasteiger partial charge on any atom is 0.128 e. The normalized spacial score (nSPS) is 17.2. The van der Waals surface area contributed by atoms with Crippen molar-refractivity contribution in [2.45, 2.75) is 32.6 Å². The number of piperidine rings is 1. The van der Waals surface area contributed by atoms with E-state index in [-0.39, 0.29) is 5.92 Å². The molecule has 176 valence electrons. The van der Waals surface area contributed by atoms with Crippen molar-refractivity contribution in [1.29, 1.82) is 5.26 Å². The number of hydrogen-bond acceptors (Lipinski definition) is 6. The van der Waals surface area contributed by atoms with E-state index in [1.165, 1.54) is 5.69 Å². The Morgan fingerprint density at radius 1 is 1.00 bits per heavy atom. The van der Waals surface area contributed by atoms with Crippen LogP contribution in [0.4, 0.5) is 11.5 Å². The number of nitrogens with zero attached hydrogens (tertiary/aromatic N) is 6. The van der Waals surface area contributed by atoms with Crippen LogP contribution in [0.25, 0.3) is 16.8 Å². The molecule has 0 unspecified atom stereocenters. The number of hydrogen-bond donors (Lipinski definition) is 0. The summed E-state index contributed by atoms with van der Waals surface area (Å²) in [7, 11) is 0. The summed E-state index contributed by atoms with van der Waals surface area (Å²) in [4.78, 5) is 9.42. The van der Waals surface area contributed by atoms with Gasteiger partial charge in [-0.05, 0) is 49.1 Å². The van der Waals surface area contributed by atoms with E-state index < -0.39 is 0 Å². The van der Waals surface area contributed by atoms with Crippen molar-refractivity contribution in [3.05, 3.63) is 54.5 Å². The molecule has 2 saturated heterocycles. The molecule has 0 amide bonds. The fourth-order valence-electron chi connectivity index (χ4n) is 4.79. The Labute approximate surface area is 201 Å². The molecule has 4 heterocycles. The van der Waals surface area contributed by atoms with Crippen LogP contribution in [-0.2, 0) is 4.74 Å².